The van der Waals surface area contributed by atoms with E-state index in [1.807, 2.05) is 24.4 Å². The van der Waals surface area contributed by atoms with Crippen LogP contribution in [-0.4, -0.2) is 35.8 Å². The topological polar surface area (TPSA) is 46.6 Å². The minimum Gasteiger partial charge on any atom is -0.497 e. The van der Waals surface area contributed by atoms with Crippen LogP contribution in [0.2, 0.25) is 5.15 Å². The molecule has 1 aromatic heterocycles. The fourth-order valence-electron chi connectivity index (χ4n) is 4.77. The lowest BCUT2D eigenvalue weighted by molar-refractivity contribution is 0.358. The molecule has 1 unspecified atom stereocenters. The van der Waals surface area contributed by atoms with Crippen molar-refractivity contribution in [2.75, 3.05) is 20.8 Å². The predicted molar refractivity (Wildman–Crippen MR) is 144 cm³/mol. The molecule has 1 fully saturated rings. The van der Waals surface area contributed by atoms with Crippen LogP contribution in [0.4, 0.5) is 0 Å². The molecule has 1 heterocycles. The zero-order valence-corrected chi connectivity index (χ0v) is 22.4. The van der Waals surface area contributed by atoms with E-state index in [1.165, 1.54) is 24.0 Å². The van der Waals surface area contributed by atoms with Crippen LogP contribution in [0.5, 0.6) is 11.5 Å². The van der Waals surface area contributed by atoms with Gasteiger partial charge in [0.05, 0.1) is 20.3 Å². The molecule has 3 aromatic rings. The van der Waals surface area contributed by atoms with Crippen molar-refractivity contribution in [3.05, 3.63) is 62.8 Å². The summed E-state index contributed by atoms with van der Waals surface area (Å²) in [6.45, 7) is 1.64. The molecule has 1 saturated carbocycles. The molecule has 0 amide bonds. The van der Waals surface area contributed by atoms with Crippen LogP contribution in [0, 0.1) is 5.92 Å². The molecule has 1 N–H and O–H groups in total. The first-order chi connectivity index (χ1) is 16.5. The number of nitrogens with one attached hydrogen (secondary N) is 1. The van der Waals surface area contributed by atoms with Gasteiger partial charge in [0, 0.05) is 46.2 Å². The van der Waals surface area contributed by atoms with E-state index in [2.05, 4.69) is 43.3 Å². The normalized spacial score (nSPS) is 16.9. The Balaban J connectivity index is 1.38. The molecule has 5 nitrogen and oxygen atoms in total. The van der Waals surface area contributed by atoms with Gasteiger partial charge in [-0.05, 0) is 79.2 Å². The number of ether oxygens (including phenoxy) is 2. The molecule has 2 aromatic carbocycles. The zero-order valence-electron chi connectivity index (χ0n) is 19.2. The Hall–Kier alpha value is -2.09. The van der Waals surface area contributed by atoms with Crippen LogP contribution in [-0.2, 0) is 13.0 Å². The molecule has 2 aliphatic carbocycles. The van der Waals surface area contributed by atoms with Crippen molar-refractivity contribution in [3.63, 3.8) is 0 Å². The second kappa shape index (κ2) is 9.88. The van der Waals surface area contributed by atoms with E-state index in [0.29, 0.717) is 17.6 Å². The SMILES string of the molecule is COc1ccc(CN(CC2CC2)C(=S)NC2CCc3c2cc(Br)c2cc(Cl)ncc32)c(OC)c1. The largest absolute Gasteiger partial charge is 0.497 e. The van der Waals surface area contributed by atoms with Gasteiger partial charge in [-0.3, -0.25) is 0 Å². The first kappa shape index (κ1) is 23.6. The number of pyridine rings is 1. The maximum atomic E-state index is 6.14. The minimum absolute atomic E-state index is 0.165. The highest BCUT2D eigenvalue weighted by atomic mass is 79.9. The Kier molecular flexibility index (Phi) is 6.87. The highest BCUT2D eigenvalue weighted by molar-refractivity contribution is 9.10. The average Bonchev–Trinajstić information content (AvgIpc) is 3.58. The number of aromatic nitrogens is 1. The van der Waals surface area contributed by atoms with Gasteiger partial charge < -0.3 is 19.7 Å². The van der Waals surface area contributed by atoms with Gasteiger partial charge in [0.1, 0.15) is 16.7 Å². The first-order valence-corrected chi connectivity index (χ1v) is 13.1. The van der Waals surface area contributed by atoms with Gasteiger partial charge in [-0.25, -0.2) is 4.98 Å². The van der Waals surface area contributed by atoms with Crippen molar-refractivity contribution >= 4 is 55.6 Å². The van der Waals surface area contributed by atoms with Crippen LogP contribution >= 0.6 is 39.7 Å². The number of methoxy groups -OCH3 is 2. The molecule has 178 valence electrons. The summed E-state index contributed by atoms with van der Waals surface area (Å²) in [7, 11) is 3.36. The van der Waals surface area contributed by atoms with Gasteiger partial charge in [-0.2, -0.15) is 0 Å². The number of benzene rings is 2. The number of thiocarbonyl (C=S) groups is 1. The molecule has 0 radical (unpaired) electrons. The molecule has 34 heavy (non-hydrogen) atoms. The fraction of sp³-hybridized carbons (Fsp3) is 0.385. The third-order valence-corrected chi connectivity index (χ3v) is 8.00. The number of hydrogen-bond acceptors (Lipinski definition) is 4. The van der Waals surface area contributed by atoms with Crippen molar-refractivity contribution in [3.8, 4) is 11.5 Å². The van der Waals surface area contributed by atoms with E-state index in [9.17, 15) is 0 Å². The number of fused-ring (bicyclic) bond motifs is 3. The van der Waals surface area contributed by atoms with Gasteiger partial charge in [0.25, 0.3) is 0 Å². The van der Waals surface area contributed by atoms with Crippen LogP contribution < -0.4 is 14.8 Å². The number of halogens is 2. The minimum atomic E-state index is 0.165. The quantitative estimate of drug-likeness (QED) is 0.265. The van der Waals surface area contributed by atoms with E-state index >= 15 is 0 Å². The summed E-state index contributed by atoms with van der Waals surface area (Å²) in [5.74, 6) is 2.30. The van der Waals surface area contributed by atoms with Gasteiger partial charge in [-0.1, -0.05) is 27.5 Å². The number of hydrogen-bond donors (Lipinski definition) is 1. The average molecular weight is 561 g/mol. The first-order valence-electron chi connectivity index (χ1n) is 11.5. The maximum absolute atomic E-state index is 6.14. The third kappa shape index (κ3) is 4.83. The summed E-state index contributed by atoms with van der Waals surface area (Å²) < 4.78 is 12.0. The van der Waals surface area contributed by atoms with E-state index in [4.69, 9.17) is 33.3 Å². The standard InChI is InChI=1S/C26H27BrClN3O2S/c1-32-17-6-5-16(24(9-17)33-2)14-31(13-15-3-4-15)26(34)30-23-8-7-18-20(23)10-22(27)19-11-25(28)29-12-21(18)19/h5-6,9-12,15,23H,3-4,7-8,13-14H2,1-2H3,(H,30,34). The molecule has 0 bridgehead atoms. The van der Waals surface area contributed by atoms with Gasteiger partial charge >= 0.3 is 0 Å². The Morgan fingerprint density at radius 3 is 2.74 bits per heavy atom. The molecule has 0 spiro atoms. The molecule has 5 rings (SSSR count). The number of rotatable bonds is 7. The van der Waals surface area contributed by atoms with Crippen LogP contribution in [0.25, 0.3) is 10.8 Å². The summed E-state index contributed by atoms with van der Waals surface area (Å²) in [6.07, 6.45) is 6.39. The van der Waals surface area contributed by atoms with Crippen molar-refractivity contribution in [1.82, 2.24) is 15.2 Å². The molecular formula is C26H27BrClN3O2S. The van der Waals surface area contributed by atoms with E-state index in [0.717, 1.165) is 56.8 Å². The van der Waals surface area contributed by atoms with E-state index in [-0.39, 0.29) is 6.04 Å². The lowest BCUT2D eigenvalue weighted by Gasteiger charge is -2.29. The highest BCUT2D eigenvalue weighted by Gasteiger charge is 2.30. The van der Waals surface area contributed by atoms with Crippen molar-refractivity contribution in [2.45, 2.75) is 38.3 Å². The number of aryl methyl sites for hydroxylation is 1. The summed E-state index contributed by atoms with van der Waals surface area (Å²) in [5, 5.41) is 7.22. The van der Waals surface area contributed by atoms with Gasteiger partial charge in [0.15, 0.2) is 5.11 Å². The van der Waals surface area contributed by atoms with E-state index in [1.54, 1.807) is 14.2 Å². The Morgan fingerprint density at radius 2 is 2.00 bits per heavy atom. The second-order valence-electron chi connectivity index (χ2n) is 9.02. The Morgan fingerprint density at radius 1 is 1.18 bits per heavy atom. The Bertz CT molecular complexity index is 1250. The highest BCUT2D eigenvalue weighted by Crippen LogP contribution is 2.40. The molecule has 8 heteroatoms. The fourth-order valence-corrected chi connectivity index (χ4v) is 5.78. The molecule has 0 aliphatic heterocycles. The number of nitrogens with zero attached hydrogens (tertiary/aromatic N) is 2. The summed E-state index contributed by atoms with van der Waals surface area (Å²) >= 11 is 15.8. The summed E-state index contributed by atoms with van der Waals surface area (Å²) in [6, 6.07) is 10.3. The molecule has 0 saturated heterocycles. The van der Waals surface area contributed by atoms with Crippen molar-refractivity contribution < 1.29 is 9.47 Å². The lowest BCUT2D eigenvalue weighted by Crippen LogP contribution is -2.41. The van der Waals surface area contributed by atoms with Crippen molar-refractivity contribution in [1.29, 1.82) is 0 Å². The van der Waals surface area contributed by atoms with Crippen LogP contribution in [0.1, 0.15) is 42.0 Å². The molecule has 2 aliphatic rings. The second-order valence-corrected chi connectivity index (χ2v) is 10.6. The van der Waals surface area contributed by atoms with E-state index < -0.39 is 0 Å². The summed E-state index contributed by atoms with van der Waals surface area (Å²) in [4.78, 5) is 6.61. The van der Waals surface area contributed by atoms with Crippen LogP contribution in [0.3, 0.4) is 0 Å². The zero-order chi connectivity index (χ0) is 23.8. The summed E-state index contributed by atoms with van der Waals surface area (Å²) in [5.41, 5.74) is 3.70. The van der Waals surface area contributed by atoms with Crippen molar-refractivity contribution in [2.24, 2.45) is 5.92 Å². The monoisotopic (exact) mass is 559 g/mol. The van der Waals surface area contributed by atoms with Gasteiger partial charge in [0.2, 0.25) is 0 Å². The lowest BCUT2D eigenvalue weighted by atomic mass is 10.0. The third-order valence-electron chi connectivity index (χ3n) is 6.76. The predicted octanol–water partition coefficient (Wildman–Crippen LogP) is 6.44. The maximum Gasteiger partial charge on any atom is 0.169 e. The Labute approximate surface area is 218 Å². The van der Waals surface area contributed by atoms with Crippen LogP contribution in [0.15, 0.2) is 41.0 Å². The molecule has 1 atom stereocenters. The smallest absolute Gasteiger partial charge is 0.169 e. The molecular weight excluding hydrogens is 534 g/mol. The van der Waals surface area contributed by atoms with Gasteiger partial charge in [-0.15, -0.1) is 0 Å².